The molecule has 6 rings (SSSR count). The Balaban J connectivity index is 1.51. The molecule has 0 radical (unpaired) electrons. The van der Waals surface area contributed by atoms with E-state index in [1.165, 1.54) is 0 Å². The molecule has 0 aliphatic carbocycles. The van der Waals surface area contributed by atoms with Gasteiger partial charge in [-0.15, -0.1) is 0 Å². The van der Waals surface area contributed by atoms with E-state index in [4.69, 9.17) is 9.15 Å². The van der Waals surface area contributed by atoms with Gasteiger partial charge in [0.25, 0.3) is 11.8 Å². The van der Waals surface area contributed by atoms with Crippen LogP contribution >= 0.6 is 0 Å². The Bertz CT molecular complexity index is 1800. The number of esters is 1. The summed E-state index contributed by atoms with van der Waals surface area (Å²) >= 11 is 0. The molecule has 0 saturated carbocycles. The van der Waals surface area contributed by atoms with Gasteiger partial charge in [0, 0.05) is 10.8 Å². The molecule has 5 aromatic rings. The molecule has 0 unspecified atom stereocenters. The molecule has 37 heavy (non-hydrogen) atoms. The first kappa shape index (κ1) is 22.7. The third-order valence-corrected chi connectivity index (χ3v) is 6.76. The minimum absolute atomic E-state index is 0.181. The van der Waals surface area contributed by atoms with Gasteiger partial charge in [-0.25, -0.2) is 9.59 Å². The summed E-state index contributed by atoms with van der Waals surface area (Å²) in [4.78, 5) is 53.8. The van der Waals surface area contributed by atoms with Gasteiger partial charge < -0.3 is 9.15 Å². The third-order valence-electron chi connectivity index (χ3n) is 6.76. The summed E-state index contributed by atoms with van der Waals surface area (Å²) in [5, 5.41) is 2.79. The van der Waals surface area contributed by atoms with Crippen LogP contribution in [0.4, 0.5) is 0 Å². The number of ether oxygens (including phenoxy) is 1. The Morgan fingerprint density at radius 3 is 2.00 bits per heavy atom. The SMILES string of the molecule is CC(C)[C@@H](C(=O)Oc1cc2ccccc2c2oc(=O)c3ccccc3c12)N1C(=O)c2ccccc2C1=O. The van der Waals surface area contributed by atoms with Crippen LogP contribution in [0.1, 0.15) is 34.6 Å². The molecule has 1 atom stereocenters. The summed E-state index contributed by atoms with van der Waals surface area (Å²) in [7, 11) is 0. The van der Waals surface area contributed by atoms with E-state index >= 15 is 0 Å². The number of amides is 2. The Morgan fingerprint density at radius 1 is 0.784 bits per heavy atom. The summed E-state index contributed by atoms with van der Waals surface area (Å²) in [5.74, 6) is -2.06. The van der Waals surface area contributed by atoms with E-state index in [-0.39, 0.29) is 16.9 Å². The monoisotopic (exact) mass is 491 g/mol. The highest BCUT2D eigenvalue weighted by molar-refractivity contribution is 6.23. The van der Waals surface area contributed by atoms with E-state index in [0.717, 1.165) is 4.90 Å². The molecule has 0 spiro atoms. The molecular formula is C30H21NO6. The molecule has 182 valence electrons. The van der Waals surface area contributed by atoms with Crippen LogP contribution in [0.25, 0.3) is 32.5 Å². The topological polar surface area (TPSA) is 93.9 Å². The molecule has 0 bridgehead atoms. The number of hydrogen-bond donors (Lipinski definition) is 0. The average Bonchev–Trinajstić information content (AvgIpc) is 3.14. The smallest absolute Gasteiger partial charge is 0.344 e. The van der Waals surface area contributed by atoms with Crippen molar-refractivity contribution in [2.24, 2.45) is 5.92 Å². The maximum absolute atomic E-state index is 13.7. The normalized spacial score (nSPS) is 14.1. The highest BCUT2D eigenvalue weighted by Gasteiger charge is 2.45. The molecular weight excluding hydrogens is 470 g/mol. The van der Waals surface area contributed by atoms with Gasteiger partial charge in [0.15, 0.2) is 5.58 Å². The van der Waals surface area contributed by atoms with Crippen molar-refractivity contribution in [3.8, 4) is 5.75 Å². The van der Waals surface area contributed by atoms with Crippen molar-refractivity contribution in [1.82, 2.24) is 4.90 Å². The lowest BCUT2D eigenvalue weighted by Gasteiger charge is -2.27. The molecule has 7 nitrogen and oxygen atoms in total. The van der Waals surface area contributed by atoms with Crippen LogP contribution in [0.15, 0.2) is 88.1 Å². The number of hydrogen-bond acceptors (Lipinski definition) is 6. The second-order valence-corrected chi connectivity index (χ2v) is 9.37. The number of benzene rings is 4. The lowest BCUT2D eigenvalue weighted by Crippen LogP contribution is -2.49. The summed E-state index contributed by atoms with van der Waals surface area (Å²) in [5.41, 5.74) is 0.319. The number of fused-ring (bicyclic) bond motifs is 6. The zero-order valence-electron chi connectivity index (χ0n) is 20.1. The largest absolute Gasteiger partial charge is 0.424 e. The van der Waals surface area contributed by atoms with Crippen LogP contribution < -0.4 is 10.4 Å². The number of nitrogens with zero attached hydrogens (tertiary/aromatic N) is 1. The van der Waals surface area contributed by atoms with Crippen LogP contribution in [-0.2, 0) is 4.79 Å². The maximum atomic E-state index is 13.7. The second-order valence-electron chi connectivity index (χ2n) is 9.37. The van der Waals surface area contributed by atoms with Crippen molar-refractivity contribution >= 4 is 50.3 Å². The predicted octanol–water partition coefficient (Wildman–Crippen LogP) is 5.33. The summed E-state index contributed by atoms with van der Waals surface area (Å²) in [6, 6.07) is 21.3. The highest BCUT2D eigenvalue weighted by Crippen LogP contribution is 2.38. The molecule has 7 heteroatoms. The summed E-state index contributed by atoms with van der Waals surface area (Å²) in [6.45, 7) is 3.50. The van der Waals surface area contributed by atoms with Gasteiger partial charge in [-0.05, 0) is 35.6 Å². The van der Waals surface area contributed by atoms with Crippen LogP contribution in [0.3, 0.4) is 0 Å². The van der Waals surface area contributed by atoms with Crippen molar-refractivity contribution in [1.29, 1.82) is 0 Å². The van der Waals surface area contributed by atoms with Crippen molar-refractivity contribution in [3.05, 3.63) is 100 Å². The van der Waals surface area contributed by atoms with E-state index in [9.17, 15) is 19.2 Å². The predicted molar refractivity (Wildman–Crippen MR) is 139 cm³/mol. The molecule has 1 aliphatic heterocycles. The van der Waals surface area contributed by atoms with Crippen LogP contribution in [0, 0.1) is 5.92 Å². The molecule has 0 saturated heterocycles. The second kappa shape index (κ2) is 8.41. The maximum Gasteiger partial charge on any atom is 0.344 e. The van der Waals surface area contributed by atoms with Crippen LogP contribution in [-0.4, -0.2) is 28.7 Å². The van der Waals surface area contributed by atoms with Crippen molar-refractivity contribution in [3.63, 3.8) is 0 Å². The minimum Gasteiger partial charge on any atom is -0.424 e. The Hall–Kier alpha value is -4.78. The Labute approximate surface area is 210 Å². The average molecular weight is 491 g/mol. The summed E-state index contributed by atoms with van der Waals surface area (Å²) < 4.78 is 11.7. The molecule has 4 aromatic carbocycles. The van der Waals surface area contributed by atoms with Gasteiger partial charge in [-0.2, -0.15) is 0 Å². The zero-order valence-corrected chi connectivity index (χ0v) is 20.1. The third kappa shape index (κ3) is 3.42. The fraction of sp³-hybridized carbons (Fsp3) is 0.133. The van der Waals surface area contributed by atoms with E-state index < -0.39 is 35.4 Å². The van der Waals surface area contributed by atoms with E-state index in [1.54, 1.807) is 68.4 Å². The number of carbonyl (C=O) groups is 3. The van der Waals surface area contributed by atoms with Gasteiger partial charge in [-0.1, -0.05) is 68.4 Å². The van der Waals surface area contributed by atoms with Crippen LogP contribution in [0.2, 0.25) is 0 Å². The van der Waals surface area contributed by atoms with Gasteiger partial charge in [-0.3, -0.25) is 14.5 Å². The molecule has 0 fully saturated rings. The first-order valence-corrected chi connectivity index (χ1v) is 11.9. The lowest BCUT2D eigenvalue weighted by atomic mass is 10.0. The first-order chi connectivity index (χ1) is 17.9. The van der Waals surface area contributed by atoms with E-state index in [2.05, 4.69) is 0 Å². The van der Waals surface area contributed by atoms with E-state index in [1.807, 2.05) is 24.3 Å². The molecule has 2 amide bonds. The zero-order chi connectivity index (χ0) is 25.8. The quantitative estimate of drug-likeness (QED) is 0.111. The van der Waals surface area contributed by atoms with Crippen molar-refractivity contribution in [2.75, 3.05) is 0 Å². The Morgan fingerprint density at radius 2 is 1.35 bits per heavy atom. The van der Waals surface area contributed by atoms with Gasteiger partial charge in [0.2, 0.25) is 0 Å². The van der Waals surface area contributed by atoms with Gasteiger partial charge >= 0.3 is 11.6 Å². The van der Waals surface area contributed by atoms with Crippen LogP contribution in [0.5, 0.6) is 5.75 Å². The first-order valence-electron chi connectivity index (χ1n) is 11.9. The summed E-state index contributed by atoms with van der Waals surface area (Å²) in [6.07, 6.45) is 0. The Kier molecular flexibility index (Phi) is 5.15. The lowest BCUT2D eigenvalue weighted by molar-refractivity contribution is -0.140. The standard InChI is InChI=1S/C30H21NO6/c1-16(2)25(31-27(32)20-12-6-7-13-21(20)28(31)33)30(35)36-23-15-17-9-3-4-10-18(17)26-24(23)19-11-5-8-14-22(19)29(34)37-26/h3-16,25H,1-2H3/t25-/m0/s1. The van der Waals surface area contributed by atoms with Crippen molar-refractivity contribution < 1.29 is 23.5 Å². The van der Waals surface area contributed by atoms with Crippen molar-refractivity contribution in [2.45, 2.75) is 19.9 Å². The van der Waals surface area contributed by atoms with E-state index in [0.29, 0.717) is 32.5 Å². The number of rotatable bonds is 4. The number of imide groups is 1. The molecule has 0 N–H and O–H groups in total. The molecule has 2 heterocycles. The van der Waals surface area contributed by atoms with Gasteiger partial charge in [0.05, 0.1) is 21.9 Å². The molecule has 1 aliphatic rings. The fourth-order valence-electron chi connectivity index (χ4n) is 5.06. The number of carbonyl (C=O) groups excluding carboxylic acids is 3. The van der Waals surface area contributed by atoms with Gasteiger partial charge in [0.1, 0.15) is 11.8 Å². The molecule has 1 aromatic heterocycles. The highest BCUT2D eigenvalue weighted by atomic mass is 16.5. The fourth-order valence-corrected chi connectivity index (χ4v) is 5.06. The minimum atomic E-state index is -1.16.